The van der Waals surface area contributed by atoms with Crippen LogP contribution in [0.3, 0.4) is 0 Å². The highest BCUT2D eigenvalue weighted by Crippen LogP contribution is 2.28. The first-order valence-electron chi connectivity index (χ1n) is 6.63. The van der Waals surface area contributed by atoms with Crippen molar-refractivity contribution in [2.24, 2.45) is 11.5 Å². The lowest BCUT2D eigenvalue weighted by molar-refractivity contribution is 0.481. The second-order valence-electron chi connectivity index (χ2n) is 5.17. The second-order valence-corrected chi connectivity index (χ2v) is 8.02. The summed E-state index contributed by atoms with van der Waals surface area (Å²) in [4.78, 5) is -0.570. The molecule has 130 valence electrons. The average Bonchev–Trinajstić information content (AvgIpc) is 2.53. The molecule has 0 heterocycles. The van der Waals surface area contributed by atoms with Crippen LogP contribution in [0, 0.1) is 0 Å². The molecule has 24 heavy (non-hydrogen) atoms. The summed E-state index contributed by atoms with van der Waals surface area (Å²) in [7, 11) is -8.65. The first-order valence-corrected chi connectivity index (χ1v) is 9.51. The second kappa shape index (κ2) is 6.24. The molecule has 6 N–H and O–H groups in total. The van der Waals surface area contributed by atoms with Crippen LogP contribution in [0.15, 0.2) is 58.3 Å². The molecule has 0 aliphatic carbocycles. The lowest BCUT2D eigenvalue weighted by Crippen LogP contribution is -2.45. The van der Waals surface area contributed by atoms with Gasteiger partial charge in [0, 0.05) is 6.54 Å². The van der Waals surface area contributed by atoms with E-state index in [1.54, 1.807) is 0 Å². The molecule has 0 radical (unpaired) electrons. The zero-order valence-electron chi connectivity index (χ0n) is 12.3. The Kier molecular flexibility index (Phi) is 4.81. The van der Waals surface area contributed by atoms with Crippen LogP contribution in [0.25, 0.3) is 0 Å². The van der Waals surface area contributed by atoms with Gasteiger partial charge in [-0.05, 0) is 35.4 Å². The fourth-order valence-corrected chi connectivity index (χ4v) is 3.21. The maximum Gasteiger partial charge on any atom is 0.294 e. The van der Waals surface area contributed by atoms with Crippen molar-refractivity contribution >= 4 is 20.2 Å². The molecular weight excluding hydrogens is 356 g/mol. The van der Waals surface area contributed by atoms with E-state index in [0.717, 1.165) is 0 Å². The Bertz CT molecular complexity index is 860. The minimum atomic E-state index is -4.32. The molecule has 0 aliphatic rings. The van der Waals surface area contributed by atoms with E-state index < -0.39 is 25.8 Å². The molecule has 0 amide bonds. The monoisotopic (exact) mass is 372 g/mol. The fraction of sp³-hybridized carbons (Fsp3) is 0.143. The van der Waals surface area contributed by atoms with Crippen LogP contribution in [-0.4, -0.2) is 32.5 Å². The van der Waals surface area contributed by atoms with E-state index in [-0.39, 0.29) is 16.3 Å². The molecule has 8 nitrogen and oxygen atoms in total. The molecule has 0 atom stereocenters. The predicted octanol–water partition coefficient (Wildman–Crippen LogP) is 0.341. The van der Waals surface area contributed by atoms with E-state index in [1.807, 2.05) is 0 Å². The quantitative estimate of drug-likeness (QED) is 0.546. The van der Waals surface area contributed by atoms with E-state index in [0.29, 0.717) is 11.1 Å². The number of benzene rings is 2. The van der Waals surface area contributed by atoms with Crippen molar-refractivity contribution in [3.8, 4) is 0 Å². The summed E-state index contributed by atoms with van der Waals surface area (Å²) in [5, 5.41) is 0. The van der Waals surface area contributed by atoms with Crippen molar-refractivity contribution in [1.29, 1.82) is 0 Å². The molecular formula is C14H16N2O6S2. The van der Waals surface area contributed by atoms with Crippen LogP contribution in [0.1, 0.15) is 11.1 Å². The largest absolute Gasteiger partial charge is 0.328 e. The Morgan fingerprint density at radius 1 is 0.750 bits per heavy atom. The van der Waals surface area contributed by atoms with Gasteiger partial charge in [0.1, 0.15) is 0 Å². The van der Waals surface area contributed by atoms with Crippen LogP contribution < -0.4 is 11.5 Å². The maximum atomic E-state index is 11.1. The van der Waals surface area contributed by atoms with Gasteiger partial charge in [-0.25, -0.2) is 0 Å². The Morgan fingerprint density at radius 2 is 1.04 bits per heavy atom. The average molecular weight is 372 g/mol. The number of hydrogen-bond donors (Lipinski definition) is 4. The van der Waals surface area contributed by atoms with Gasteiger partial charge in [-0.2, -0.15) is 16.8 Å². The predicted molar refractivity (Wildman–Crippen MR) is 86.5 cm³/mol. The zero-order chi connectivity index (χ0) is 18.2. The summed E-state index contributed by atoms with van der Waals surface area (Å²) in [6.45, 7) is -0.0521. The number of nitrogens with two attached hydrogens (primary N) is 2. The summed E-state index contributed by atoms with van der Waals surface area (Å²) in [5.74, 6) is 0. The third kappa shape index (κ3) is 3.64. The Balaban J connectivity index is 2.48. The van der Waals surface area contributed by atoms with Crippen molar-refractivity contribution < 1.29 is 25.9 Å². The van der Waals surface area contributed by atoms with Gasteiger partial charge in [0.05, 0.1) is 15.3 Å². The van der Waals surface area contributed by atoms with E-state index in [9.17, 15) is 16.8 Å². The first kappa shape index (κ1) is 18.5. The standard InChI is InChI=1S/C14H16N2O6S2/c15-9-14(16,10-1-5-12(6-2-10)23(17,18)19)11-3-7-13(8-4-11)24(20,21)22/h1-8H,9,15-16H2,(H,17,18,19)(H,20,21,22). The van der Waals surface area contributed by atoms with Crippen molar-refractivity contribution in [1.82, 2.24) is 0 Å². The van der Waals surface area contributed by atoms with Crippen LogP contribution in [0.4, 0.5) is 0 Å². The van der Waals surface area contributed by atoms with Crippen molar-refractivity contribution in [2.75, 3.05) is 6.54 Å². The summed E-state index contributed by atoms with van der Waals surface area (Å²) < 4.78 is 62.3. The van der Waals surface area contributed by atoms with Gasteiger partial charge in [-0.15, -0.1) is 0 Å². The maximum absolute atomic E-state index is 11.1. The highest BCUT2D eigenvalue weighted by molar-refractivity contribution is 7.86. The van der Waals surface area contributed by atoms with Gasteiger partial charge >= 0.3 is 0 Å². The highest BCUT2D eigenvalue weighted by atomic mass is 32.2. The summed E-state index contributed by atoms with van der Waals surface area (Å²) in [5.41, 5.74) is 11.8. The third-order valence-electron chi connectivity index (χ3n) is 3.66. The van der Waals surface area contributed by atoms with Crippen LogP contribution >= 0.6 is 0 Å². The van der Waals surface area contributed by atoms with Gasteiger partial charge in [0.15, 0.2) is 0 Å². The third-order valence-corrected chi connectivity index (χ3v) is 5.39. The molecule has 0 aliphatic heterocycles. The van der Waals surface area contributed by atoms with Gasteiger partial charge in [0.25, 0.3) is 20.2 Å². The van der Waals surface area contributed by atoms with Gasteiger partial charge in [-0.3, -0.25) is 9.11 Å². The minimum Gasteiger partial charge on any atom is -0.328 e. The molecule has 0 bridgehead atoms. The highest BCUT2D eigenvalue weighted by Gasteiger charge is 2.29. The van der Waals surface area contributed by atoms with E-state index >= 15 is 0 Å². The smallest absolute Gasteiger partial charge is 0.294 e. The molecule has 0 unspecified atom stereocenters. The molecule has 2 aromatic rings. The molecule has 2 aromatic carbocycles. The van der Waals surface area contributed by atoms with Gasteiger partial charge < -0.3 is 11.5 Å². The topological polar surface area (TPSA) is 161 Å². The van der Waals surface area contributed by atoms with E-state index in [4.69, 9.17) is 20.6 Å². The van der Waals surface area contributed by atoms with Crippen molar-refractivity contribution in [3.05, 3.63) is 59.7 Å². The van der Waals surface area contributed by atoms with E-state index in [1.165, 1.54) is 48.5 Å². The molecule has 2 rings (SSSR count). The summed E-state index contributed by atoms with van der Waals surface area (Å²) in [6.07, 6.45) is 0. The minimum absolute atomic E-state index is 0.0521. The molecule has 10 heteroatoms. The Hall–Kier alpha value is -1.82. The number of rotatable bonds is 5. The molecule has 0 saturated heterocycles. The van der Waals surface area contributed by atoms with Crippen molar-refractivity contribution in [3.63, 3.8) is 0 Å². The lowest BCUT2D eigenvalue weighted by Gasteiger charge is -2.29. The summed E-state index contributed by atoms with van der Waals surface area (Å²) in [6, 6.07) is 10.4. The molecule has 0 aromatic heterocycles. The molecule has 0 spiro atoms. The Morgan fingerprint density at radius 3 is 1.25 bits per heavy atom. The van der Waals surface area contributed by atoms with E-state index in [2.05, 4.69) is 0 Å². The molecule has 0 saturated carbocycles. The van der Waals surface area contributed by atoms with Crippen molar-refractivity contribution in [2.45, 2.75) is 15.3 Å². The Labute approximate surface area is 139 Å². The lowest BCUT2D eigenvalue weighted by atomic mass is 9.84. The first-order chi connectivity index (χ1) is 11.0. The van der Waals surface area contributed by atoms with Gasteiger partial charge in [0.2, 0.25) is 0 Å². The summed E-state index contributed by atoms with van der Waals surface area (Å²) >= 11 is 0. The normalized spacial score (nSPS) is 13.0. The molecule has 0 fully saturated rings. The number of hydrogen-bond acceptors (Lipinski definition) is 6. The fourth-order valence-electron chi connectivity index (χ4n) is 2.25. The SMILES string of the molecule is NCC(N)(c1ccc(S(=O)(=O)O)cc1)c1ccc(S(=O)(=O)O)cc1. The van der Waals surface area contributed by atoms with Gasteiger partial charge in [-0.1, -0.05) is 24.3 Å². The van der Waals surface area contributed by atoms with Crippen LogP contribution in [-0.2, 0) is 25.8 Å². The zero-order valence-corrected chi connectivity index (χ0v) is 14.0. The van der Waals surface area contributed by atoms with Crippen LogP contribution in [0.5, 0.6) is 0 Å². The van der Waals surface area contributed by atoms with Crippen LogP contribution in [0.2, 0.25) is 0 Å².